The van der Waals surface area contributed by atoms with Crippen LogP contribution in [0, 0.1) is 16.7 Å². The van der Waals surface area contributed by atoms with Crippen LogP contribution < -0.4 is 0 Å². The first kappa shape index (κ1) is 10.5. The Bertz CT molecular complexity index is 420. The molecule has 1 aromatic rings. The molecule has 0 spiro atoms. The Labute approximate surface area is 95.7 Å². The molecule has 0 bridgehead atoms. The van der Waals surface area contributed by atoms with Crippen molar-refractivity contribution in [3.8, 4) is 6.07 Å². The van der Waals surface area contributed by atoms with Crippen LogP contribution in [0.25, 0.3) is 0 Å². The van der Waals surface area contributed by atoms with E-state index in [0.717, 1.165) is 23.4 Å². The van der Waals surface area contributed by atoms with Gasteiger partial charge in [0.1, 0.15) is 0 Å². The summed E-state index contributed by atoms with van der Waals surface area (Å²) in [6.45, 7) is 4.39. The van der Waals surface area contributed by atoms with Crippen molar-refractivity contribution in [1.29, 1.82) is 5.26 Å². The molecular weight excluding hydrogens is 206 g/mol. The van der Waals surface area contributed by atoms with Gasteiger partial charge in [0.25, 0.3) is 0 Å². The molecule has 0 aliphatic heterocycles. The predicted octanol–water partition coefficient (Wildman–Crippen LogP) is 3.92. The van der Waals surface area contributed by atoms with Gasteiger partial charge >= 0.3 is 0 Å². The van der Waals surface area contributed by atoms with Gasteiger partial charge in [0.15, 0.2) is 0 Å². The van der Waals surface area contributed by atoms with Crippen LogP contribution in [0.1, 0.15) is 32.3 Å². The number of nitriles is 1. The SMILES string of the molecule is CC1(C)CC(C#N)(c2ccccc2Cl)C1. The van der Waals surface area contributed by atoms with Crippen LogP contribution in [0.5, 0.6) is 0 Å². The highest BCUT2D eigenvalue weighted by atomic mass is 35.5. The van der Waals surface area contributed by atoms with E-state index in [1.165, 1.54) is 0 Å². The van der Waals surface area contributed by atoms with Crippen molar-refractivity contribution >= 4 is 11.6 Å². The summed E-state index contributed by atoms with van der Waals surface area (Å²) in [7, 11) is 0. The van der Waals surface area contributed by atoms with Gasteiger partial charge < -0.3 is 0 Å². The number of hydrogen-bond acceptors (Lipinski definition) is 1. The summed E-state index contributed by atoms with van der Waals surface area (Å²) in [6, 6.07) is 10.1. The topological polar surface area (TPSA) is 23.8 Å². The van der Waals surface area contributed by atoms with Crippen molar-refractivity contribution in [1.82, 2.24) is 0 Å². The predicted molar refractivity (Wildman–Crippen MR) is 61.8 cm³/mol. The zero-order valence-electron chi connectivity index (χ0n) is 9.05. The van der Waals surface area contributed by atoms with E-state index in [0.29, 0.717) is 0 Å². The van der Waals surface area contributed by atoms with Gasteiger partial charge in [0.05, 0.1) is 11.5 Å². The molecule has 0 aromatic heterocycles. The number of nitrogens with zero attached hydrogens (tertiary/aromatic N) is 1. The molecule has 1 nitrogen and oxygen atoms in total. The minimum atomic E-state index is -0.345. The van der Waals surface area contributed by atoms with Gasteiger partial charge in [-0.25, -0.2) is 0 Å². The normalized spacial score (nSPS) is 21.5. The average molecular weight is 220 g/mol. The minimum absolute atomic E-state index is 0.273. The first-order valence-electron chi connectivity index (χ1n) is 5.15. The van der Waals surface area contributed by atoms with Crippen LogP contribution in [0.2, 0.25) is 5.02 Å². The van der Waals surface area contributed by atoms with Gasteiger partial charge in [0, 0.05) is 5.02 Å². The molecule has 0 amide bonds. The maximum atomic E-state index is 9.34. The summed E-state index contributed by atoms with van der Waals surface area (Å²) in [4.78, 5) is 0. The maximum Gasteiger partial charge on any atom is 0.0846 e. The standard InChI is InChI=1S/C13H14ClN/c1-12(2)7-13(8-12,9-15)10-5-3-4-6-11(10)14/h3-6H,7-8H2,1-2H3. The summed E-state index contributed by atoms with van der Waals surface area (Å²) in [5, 5.41) is 10.1. The lowest BCUT2D eigenvalue weighted by Crippen LogP contribution is -2.45. The molecule has 1 aliphatic rings. The summed E-state index contributed by atoms with van der Waals surface area (Å²) in [5.74, 6) is 0. The molecule has 2 rings (SSSR count). The molecule has 15 heavy (non-hydrogen) atoms. The Kier molecular flexibility index (Phi) is 2.28. The lowest BCUT2D eigenvalue weighted by molar-refractivity contribution is 0.1000. The minimum Gasteiger partial charge on any atom is -0.197 e. The summed E-state index contributed by atoms with van der Waals surface area (Å²) >= 11 is 6.14. The summed E-state index contributed by atoms with van der Waals surface area (Å²) in [6.07, 6.45) is 1.81. The van der Waals surface area contributed by atoms with Crippen molar-refractivity contribution in [3.05, 3.63) is 34.9 Å². The van der Waals surface area contributed by atoms with Crippen molar-refractivity contribution in [2.45, 2.75) is 32.1 Å². The van der Waals surface area contributed by atoms with Gasteiger partial charge in [0.2, 0.25) is 0 Å². The lowest BCUT2D eigenvalue weighted by atomic mass is 9.52. The van der Waals surface area contributed by atoms with Crippen LogP contribution in [-0.2, 0) is 5.41 Å². The van der Waals surface area contributed by atoms with Crippen LogP contribution in [0.3, 0.4) is 0 Å². The smallest absolute Gasteiger partial charge is 0.0846 e. The molecule has 0 heterocycles. The average Bonchev–Trinajstić information content (AvgIpc) is 2.14. The van der Waals surface area contributed by atoms with Crippen LogP contribution in [-0.4, -0.2) is 0 Å². The van der Waals surface area contributed by atoms with Crippen molar-refractivity contribution in [3.63, 3.8) is 0 Å². The van der Waals surface area contributed by atoms with E-state index >= 15 is 0 Å². The van der Waals surface area contributed by atoms with Gasteiger partial charge in [-0.1, -0.05) is 43.6 Å². The highest BCUT2D eigenvalue weighted by Gasteiger charge is 2.51. The number of rotatable bonds is 1. The fourth-order valence-corrected chi connectivity index (χ4v) is 3.08. The largest absolute Gasteiger partial charge is 0.197 e. The molecule has 2 heteroatoms. The second kappa shape index (κ2) is 3.25. The molecule has 1 saturated carbocycles. The first-order chi connectivity index (χ1) is 6.99. The number of hydrogen-bond donors (Lipinski definition) is 0. The number of benzene rings is 1. The molecule has 1 fully saturated rings. The molecule has 78 valence electrons. The Balaban J connectivity index is 2.39. The molecule has 0 N–H and O–H groups in total. The monoisotopic (exact) mass is 219 g/mol. The van der Waals surface area contributed by atoms with Crippen molar-refractivity contribution < 1.29 is 0 Å². The van der Waals surface area contributed by atoms with Gasteiger partial charge in [-0.2, -0.15) is 5.26 Å². The zero-order chi connectivity index (χ0) is 11.1. The van der Waals surface area contributed by atoms with E-state index in [-0.39, 0.29) is 10.8 Å². The summed E-state index contributed by atoms with van der Waals surface area (Å²) < 4.78 is 0. The Morgan fingerprint density at radius 1 is 1.27 bits per heavy atom. The van der Waals surface area contributed by atoms with Crippen molar-refractivity contribution in [2.24, 2.45) is 5.41 Å². The molecule has 1 aliphatic carbocycles. The first-order valence-corrected chi connectivity index (χ1v) is 5.53. The summed E-state index contributed by atoms with van der Waals surface area (Å²) in [5.41, 5.74) is 0.921. The Hall–Kier alpha value is -1.00. The quantitative estimate of drug-likeness (QED) is 0.702. The molecule has 1 aromatic carbocycles. The number of halogens is 1. The maximum absolute atomic E-state index is 9.34. The molecule has 0 radical (unpaired) electrons. The third kappa shape index (κ3) is 1.64. The second-order valence-corrected chi connectivity index (χ2v) is 5.60. The molecule has 0 atom stereocenters. The highest BCUT2D eigenvalue weighted by Crippen LogP contribution is 2.56. The van der Waals surface area contributed by atoms with E-state index in [1.807, 2.05) is 24.3 Å². The van der Waals surface area contributed by atoms with Gasteiger partial charge in [-0.15, -0.1) is 0 Å². The van der Waals surface area contributed by atoms with Crippen LogP contribution >= 0.6 is 11.6 Å². The zero-order valence-corrected chi connectivity index (χ0v) is 9.80. The lowest BCUT2D eigenvalue weighted by Gasteiger charge is -2.49. The van der Waals surface area contributed by atoms with Gasteiger partial charge in [-0.05, 0) is 29.9 Å². The van der Waals surface area contributed by atoms with E-state index in [1.54, 1.807) is 0 Å². The van der Waals surface area contributed by atoms with E-state index < -0.39 is 0 Å². The fraction of sp³-hybridized carbons (Fsp3) is 0.462. The van der Waals surface area contributed by atoms with E-state index in [9.17, 15) is 5.26 Å². The van der Waals surface area contributed by atoms with Crippen LogP contribution in [0.4, 0.5) is 0 Å². The second-order valence-electron chi connectivity index (χ2n) is 5.19. The Morgan fingerprint density at radius 3 is 2.33 bits per heavy atom. The third-order valence-corrected chi connectivity index (χ3v) is 3.49. The molecule has 0 saturated heterocycles. The third-order valence-electron chi connectivity index (χ3n) is 3.16. The van der Waals surface area contributed by atoms with Crippen molar-refractivity contribution in [2.75, 3.05) is 0 Å². The fourth-order valence-electron chi connectivity index (χ4n) is 2.76. The van der Waals surface area contributed by atoms with E-state index in [2.05, 4.69) is 19.9 Å². The highest BCUT2D eigenvalue weighted by molar-refractivity contribution is 6.31. The van der Waals surface area contributed by atoms with E-state index in [4.69, 9.17) is 11.6 Å². The van der Waals surface area contributed by atoms with Crippen LogP contribution in [0.15, 0.2) is 24.3 Å². The molecule has 0 unspecified atom stereocenters. The Morgan fingerprint density at radius 2 is 1.87 bits per heavy atom. The molecular formula is C13H14ClN. The van der Waals surface area contributed by atoms with Gasteiger partial charge in [-0.3, -0.25) is 0 Å².